The molecule has 0 radical (unpaired) electrons. The van der Waals surface area contributed by atoms with Crippen molar-refractivity contribution < 1.29 is 18.1 Å². The Morgan fingerprint density at radius 1 is 1.20 bits per heavy atom. The SMILES string of the molecule is NS(=O)(=O)c1ccc(CCNC(=O)c2cc(Cl)ccc2[N+](=O)[O-])cc1. The van der Waals surface area contributed by atoms with Crippen molar-refractivity contribution >= 4 is 33.2 Å². The molecule has 0 bridgehead atoms. The first-order valence-electron chi connectivity index (χ1n) is 7.02. The van der Waals surface area contributed by atoms with Crippen molar-refractivity contribution in [2.75, 3.05) is 6.54 Å². The lowest BCUT2D eigenvalue weighted by Crippen LogP contribution is -2.26. The summed E-state index contributed by atoms with van der Waals surface area (Å²) in [4.78, 5) is 22.4. The molecule has 3 N–H and O–H groups in total. The van der Waals surface area contributed by atoms with Gasteiger partial charge in [0.05, 0.1) is 9.82 Å². The summed E-state index contributed by atoms with van der Waals surface area (Å²) in [5, 5.41) is 18.8. The molecule has 0 aromatic heterocycles. The number of sulfonamides is 1. The van der Waals surface area contributed by atoms with Crippen LogP contribution in [0, 0.1) is 10.1 Å². The van der Waals surface area contributed by atoms with E-state index in [9.17, 15) is 23.3 Å². The molecule has 132 valence electrons. The number of primary sulfonamides is 1. The van der Waals surface area contributed by atoms with Gasteiger partial charge in [0.25, 0.3) is 11.6 Å². The van der Waals surface area contributed by atoms with E-state index in [0.29, 0.717) is 6.42 Å². The summed E-state index contributed by atoms with van der Waals surface area (Å²) in [5.74, 6) is -0.615. The summed E-state index contributed by atoms with van der Waals surface area (Å²) in [6, 6.07) is 9.63. The highest BCUT2D eigenvalue weighted by atomic mass is 35.5. The number of hydrogen-bond donors (Lipinski definition) is 2. The third-order valence-corrected chi connectivity index (χ3v) is 4.52. The van der Waals surface area contributed by atoms with Crippen molar-refractivity contribution in [2.24, 2.45) is 5.14 Å². The van der Waals surface area contributed by atoms with Crippen LogP contribution in [0.2, 0.25) is 5.02 Å². The van der Waals surface area contributed by atoms with Gasteiger partial charge in [0.2, 0.25) is 10.0 Å². The third-order valence-electron chi connectivity index (χ3n) is 3.35. The first kappa shape index (κ1) is 18.8. The first-order chi connectivity index (χ1) is 11.7. The molecule has 10 heteroatoms. The number of amides is 1. The van der Waals surface area contributed by atoms with Gasteiger partial charge in [-0.1, -0.05) is 23.7 Å². The largest absolute Gasteiger partial charge is 0.351 e. The Morgan fingerprint density at radius 2 is 1.84 bits per heavy atom. The summed E-state index contributed by atoms with van der Waals surface area (Å²) < 4.78 is 22.3. The molecule has 2 aromatic carbocycles. The maximum atomic E-state index is 12.1. The van der Waals surface area contributed by atoms with Gasteiger partial charge in [0.15, 0.2) is 0 Å². The van der Waals surface area contributed by atoms with E-state index in [1.54, 1.807) is 12.1 Å². The molecule has 2 aromatic rings. The third kappa shape index (κ3) is 4.99. The van der Waals surface area contributed by atoms with Gasteiger partial charge in [0.1, 0.15) is 5.56 Å². The molecule has 0 spiro atoms. The molecular formula is C15H14ClN3O5S. The Labute approximate surface area is 148 Å². The number of nitrogens with zero attached hydrogens (tertiary/aromatic N) is 1. The molecule has 0 atom stereocenters. The lowest BCUT2D eigenvalue weighted by Gasteiger charge is -2.07. The molecule has 0 saturated heterocycles. The van der Waals surface area contributed by atoms with E-state index in [0.717, 1.165) is 5.56 Å². The van der Waals surface area contributed by atoms with Crippen molar-refractivity contribution in [3.8, 4) is 0 Å². The van der Waals surface area contributed by atoms with Crippen molar-refractivity contribution in [1.29, 1.82) is 0 Å². The highest BCUT2D eigenvalue weighted by Gasteiger charge is 2.20. The Hall–Kier alpha value is -2.49. The normalized spacial score (nSPS) is 11.1. The lowest BCUT2D eigenvalue weighted by molar-refractivity contribution is -0.385. The number of benzene rings is 2. The van der Waals surface area contributed by atoms with Crippen LogP contribution in [-0.4, -0.2) is 25.8 Å². The Morgan fingerprint density at radius 3 is 2.40 bits per heavy atom. The number of carbonyl (C=O) groups is 1. The predicted molar refractivity (Wildman–Crippen MR) is 92.0 cm³/mol. The first-order valence-corrected chi connectivity index (χ1v) is 8.95. The second-order valence-electron chi connectivity index (χ2n) is 5.11. The molecule has 0 aliphatic heterocycles. The Kier molecular flexibility index (Phi) is 5.73. The van der Waals surface area contributed by atoms with E-state index < -0.39 is 20.9 Å². The van der Waals surface area contributed by atoms with Gasteiger partial charge in [-0.15, -0.1) is 0 Å². The molecule has 0 fully saturated rings. The molecule has 0 aliphatic carbocycles. The summed E-state index contributed by atoms with van der Waals surface area (Å²) in [7, 11) is -3.75. The molecule has 8 nitrogen and oxygen atoms in total. The molecule has 1 amide bonds. The number of nitro benzene ring substituents is 1. The Balaban J connectivity index is 2.02. The van der Waals surface area contributed by atoms with Crippen LogP contribution >= 0.6 is 11.6 Å². The minimum Gasteiger partial charge on any atom is -0.351 e. The van der Waals surface area contributed by atoms with E-state index in [-0.39, 0.29) is 27.7 Å². The molecule has 2 rings (SSSR count). The molecule has 25 heavy (non-hydrogen) atoms. The van der Waals surface area contributed by atoms with E-state index in [4.69, 9.17) is 16.7 Å². The molecule has 0 unspecified atom stereocenters. The summed E-state index contributed by atoms with van der Waals surface area (Å²) in [5.41, 5.74) is 0.315. The fourth-order valence-electron chi connectivity index (χ4n) is 2.11. The van der Waals surface area contributed by atoms with E-state index in [2.05, 4.69) is 5.32 Å². The zero-order chi connectivity index (χ0) is 18.6. The number of nitrogens with one attached hydrogen (secondary N) is 1. The molecule has 0 heterocycles. The van der Waals surface area contributed by atoms with Crippen LogP contribution in [0.4, 0.5) is 5.69 Å². The predicted octanol–water partition coefficient (Wildman–Crippen LogP) is 1.87. The van der Waals surface area contributed by atoms with Crippen molar-refractivity contribution in [3.63, 3.8) is 0 Å². The average molecular weight is 384 g/mol. The van der Waals surface area contributed by atoms with Gasteiger partial charge in [-0.3, -0.25) is 14.9 Å². The topological polar surface area (TPSA) is 132 Å². The Bertz CT molecular complexity index is 913. The maximum Gasteiger partial charge on any atom is 0.282 e. The quantitative estimate of drug-likeness (QED) is 0.580. The van der Waals surface area contributed by atoms with E-state index in [1.165, 1.54) is 30.3 Å². The number of nitro groups is 1. The molecular weight excluding hydrogens is 370 g/mol. The van der Waals surface area contributed by atoms with Gasteiger partial charge >= 0.3 is 0 Å². The standard InChI is InChI=1S/C15H14ClN3O5S/c16-11-3-6-14(19(21)22)13(9-11)15(20)18-8-7-10-1-4-12(5-2-10)25(17,23)24/h1-6,9H,7-8H2,(H,18,20)(H2,17,23,24). The van der Waals surface area contributed by atoms with Gasteiger partial charge in [-0.05, 0) is 36.2 Å². The van der Waals surface area contributed by atoms with Crippen molar-refractivity contribution in [1.82, 2.24) is 5.32 Å². The smallest absolute Gasteiger partial charge is 0.282 e. The number of carbonyl (C=O) groups excluding carboxylic acids is 1. The van der Waals surface area contributed by atoms with Gasteiger partial charge in [-0.25, -0.2) is 13.6 Å². The van der Waals surface area contributed by atoms with Crippen LogP contribution in [0.15, 0.2) is 47.4 Å². The molecule has 0 saturated carbocycles. The van der Waals surface area contributed by atoms with Gasteiger partial charge in [0, 0.05) is 17.6 Å². The van der Waals surface area contributed by atoms with Gasteiger partial charge in [-0.2, -0.15) is 0 Å². The number of halogens is 1. The summed E-state index contributed by atoms with van der Waals surface area (Å²) >= 11 is 5.79. The summed E-state index contributed by atoms with van der Waals surface area (Å²) in [6.07, 6.45) is 0.408. The van der Waals surface area contributed by atoms with Crippen LogP contribution in [0.25, 0.3) is 0 Å². The van der Waals surface area contributed by atoms with Crippen LogP contribution in [0.3, 0.4) is 0 Å². The second-order valence-corrected chi connectivity index (χ2v) is 7.11. The zero-order valence-electron chi connectivity index (χ0n) is 12.8. The highest BCUT2D eigenvalue weighted by Crippen LogP contribution is 2.22. The number of hydrogen-bond acceptors (Lipinski definition) is 5. The van der Waals surface area contributed by atoms with Crippen LogP contribution < -0.4 is 10.5 Å². The minimum atomic E-state index is -3.75. The fraction of sp³-hybridized carbons (Fsp3) is 0.133. The molecule has 0 aliphatic rings. The van der Waals surface area contributed by atoms with Crippen LogP contribution in [0.5, 0.6) is 0 Å². The van der Waals surface area contributed by atoms with E-state index >= 15 is 0 Å². The number of nitrogens with two attached hydrogens (primary N) is 1. The zero-order valence-corrected chi connectivity index (χ0v) is 14.4. The fourth-order valence-corrected chi connectivity index (χ4v) is 2.80. The second kappa shape index (κ2) is 7.60. The minimum absolute atomic E-state index is 0.00478. The monoisotopic (exact) mass is 383 g/mol. The lowest BCUT2D eigenvalue weighted by atomic mass is 10.1. The van der Waals surface area contributed by atoms with Crippen molar-refractivity contribution in [3.05, 3.63) is 68.7 Å². The van der Waals surface area contributed by atoms with Crippen LogP contribution in [0.1, 0.15) is 15.9 Å². The number of rotatable bonds is 6. The average Bonchev–Trinajstić information content (AvgIpc) is 2.54. The van der Waals surface area contributed by atoms with Gasteiger partial charge < -0.3 is 5.32 Å². The summed E-state index contributed by atoms with van der Waals surface area (Å²) in [6.45, 7) is 0.206. The van der Waals surface area contributed by atoms with Crippen LogP contribution in [-0.2, 0) is 16.4 Å². The maximum absolute atomic E-state index is 12.1. The van der Waals surface area contributed by atoms with Crippen molar-refractivity contribution in [2.45, 2.75) is 11.3 Å². The highest BCUT2D eigenvalue weighted by molar-refractivity contribution is 7.89. The van der Waals surface area contributed by atoms with E-state index in [1.807, 2.05) is 0 Å².